The number of primary amides is 1. The molecule has 0 rings (SSSR count). The molecule has 0 heterocycles. The fraction of sp³-hybridized carbons (Fsp3) is 0.625. The van der Waals surface area contributed by atoms with Crippen molar-refractivity contribution >= 4 is 5.91 Å². The minimum atomic E-state index is -0.219. The van der Waals surface area contributed by atoms with Crippen LogP contribution in [-0.4, -0.2) is 5.91 Å². The molecular weight excluding hydrogens is 126 g/mol. The van der Waals surface area contributed by atoms with Gasteiger partial charge in [-0.1, -0.05) is 19.1 Å². The van der Waals surface area contributed by atoms with Crippen molar-refractivity contribution in [3.8, 4) is 0 Å². The van der Waals surface area contributed by atoms with Crippen LogP contribution < -0.4 is 5.73 Å². The van der Waals surface area contributed by atoms with E-state index in [1.54, 1.807) is 0 Å². The first-order valence-corrected chi connectivity index (χ1v) is 3.61. The summed E-state index contributed by atoms with van der Waals surface area (Å²) < 4.78 is 0. The Morgan fingerprint density at radius 1 is 1.50 bits per heavy atom. The van der Waals surface area contributed by atoms with Crippen LogP contribution in [0.3, 0.4) is 0 Å². The maximum atomic E-state index is 10.3. The molecule has 0 aliphatic rings. The molecule has 1 amide bonds. The lowest BCUT2D eigenvalue weighted by molar-refractivity contribution is -0.118. The number of allylic oxidation sites excluding steroid dienone is 1. The molecule has 0 spiro atoms. The van der Waals surface area contributed by atoms with Crippen LogP contribution in [0.2, 0.25) is 0 Å². The molecule has 2 N–H and O–H groups in total. The molecule has 0 aromatic carbocycles. The molecule has 0 aliphatic heterocycles. The summed E-state index contributed by atoms with van der Waals surface area (Å²) in [7, 11) is 0. The van der Waals surface area contributed by atoms with E-state index in [4.69, 9.17) is 5.73 Å². The molecule has 2 heteroatoms. The summed E-state index contributed by atoms with van der Waals surface area (Å²) in [5.74, 6) is -0.219. The molecular formula is C8H15NO. The van der Waals surface area contributed by atoms with Gasteiger partial charge in [-0.15, -0.1) is 0 Å². The highest BCUT2D eigenvalue weighted by atomic mass is 16.1. The molecule has 0 saturated heterocycles. The van der Waals surface area contributed by atoms with Gasteiger partial charge in [0, 0.05) is 6.42 Å². The van der Waals surface area contributed by atoms with E-state index >= 15 is 0 Å². The Morgan fingerprint density at radius 2 is 2.10 bits per heavy atom. The zero-order valence-corrected chi connectivity index (χ0v) is 6.52. The van der Waals surface area contributed by atoms with Gasteiger partial charge in [-0.3, -0.25) is 4.79 Å². The molecule has 0 aromatic rings. The van der Waals surface area contributed by atoms with E-state index in [9.17, 15) is 4.79 Å². The minimum absolute atomic E-state index is 0.219. The Morgan fingerprint density at radius 3 is 2.50 bits per heavy atom. The monoisotopic (exact) mass is 141 g/mol. The van der Waals surface area contributed by atoms with Gasteiger partial charge in [0.25, 0.3) is 0 Å². The second kappa shape index (κ2) is 5.03. The van der Waals surface area contributed by atoms with Crippen LogP contribution >= 0.6 is 0 Å². The van der Waals surface area contributed by atoms with Crippen molar-refractivity contribution in [1.29, 1.82) is 0 Å². The average molecular weight is 141 g/mol. The Labute approximate surface area is 62.1 Å². The fourth-order valence-corrected chi connectivity index (χ4v) is 0.689. The number of carbonyl (C=O) groups is 1. The van der Waals surface area contributed by atoms with E-state index < -0.39 is 0 Å². The van der Waals surface area contributed by atoms with Gasteiger partial charge >= 0.3 is 0 Å². The zero-order chi connectivity index (χ0) is 7.98. The molecule has 0 aromatic heterocycles. The quantitative estimate of drug-likeness (QED) is 0.581. The van der Waals surface area contributed by atoms with Crippen LogP contribution in [0.1, 0.15) is 32.6 Å². The van der Waals surface area contributed by atoms with E-state index in [2.05, 4.69) is 13.5 Å². The largest absolute Gasteiger partial charge is 0.370 e. The number of amides is 1. The molecule has 0 bridgehead atoms. The van der Waals surface area contributed by atoms with E-state index in [0.717, 1.165) is 19.3 Å². The van der Waals surface area contributed by atoms with Gasteiger partial charge in [-0.25, -0.2) is 0 Å². The van der Waals surface area contributed by atoms with Crippen LogP contribution in [0.4, 0.5) is 0 Å². The molecule has 0 aliphatic carbocycles. The first kappa shape index (κ1) is 9.21. The summed E-state index contributed by atoms with van der Waals surface area (Å²) in [6.07, 6.45) is 3.26. The number of rotatable bonds is 5. The fourth-order valence-electron chi connectivity index (χ4n) is 0.689. The average Bonchev–Trinajstić information content (AvgIpc) is 1.87. The second-order valence-corrected chi connectivity index (χ2v) is 2.42. The lowest BCUT2D eigenvalue weighted by Gasteiger charge is -1.98. The van der Waals surface area contributed by atoms with Gasteiger partial charge in [0.2, 0.25) is 5.91 Å². The molecule has 0 atom stereocenters. The van der Waals surface area contributed by atoms with Crippen LogP contribution in [0.5, 0.6) is 0 Å². The van der Waals surface area contributed by atoms with E-state index in [-0.39, 0.29) is 5.91 Å². The molecule has 2 nitrogen and oxygen atoms in total. The van der Waals surface area contributed by atoms with Gasteiger partial charge in [-0.2, -0.15) is 0 Å². The summed E-state index contributed by atoms with van der Waals surface area (Å²) in [4.78, 5) is 10.3. The Hall–Kier alpha value is -0.790. The number of nitrogens with two attached hydrogens (primary N) is 1. The highest BCUT2D eigenvalue weighted by Crippen LogP contribution is 2.07. The zero-order valence-electron chi connectivity index (χ0n) is 6.52. The van der Waals surface area contributed by atoms with Crippen molar-refractivity contribution < 1.29 is 4.79 Å². The highest BCUT2D eigenvalue weighted by molar-refractivity contribution is 5.73. The Balaban J connectivity index is 3.20. The molecule has 10 heavy (non-hydrogen) atoms. The smallest absolute Gasteiger partial charge is 0.217 e. The third kappa shape index (κ3) is 5.35. The van der Waals surface area contributed by atoms with Crippen LogP contribution in [-0.2, 0) is 4.79 Å². The number of carbonyl (C=O) groups excluding carboxylic acids is 1. The van der Waals surface area contributed by atoms with Gasteiger partial charge in [0.05, 0.1) is 0 Å². The van der Waals surface area contributed by atoms with E-state index in [0.29, 0.717) is 6.42 Å². The maximum absolute atomic E-state index is 10.3. The molecule has 58 valence electrons. The van der Waals surface area contributed by atoms with Gasteiger partial charge in [0.1, 0.15) is 0 Å². The van der Waals surface area contributed by atoms with Crippen molar-refractivity contribution in [3.05, 3.63) is 12.2 Å². The Kier molecular flexibility index (Phi) is 4.63. The van der Waals surface area contributed by atoms with Crippen molar-refractivity contribution in [2.75, 3.05) is 0 Å². The summed E-state index contributed by atoms with van der Waals surface area (Å²) in [5, 5.41) is 0. The van der Waals surface area contributed by atoms with E-state index in [1.807, 2.05) is 0 Å². The Bertz CT molecular complexity index is 129. The first-order chi connectivity index (χ1) is 4.66. The van der Waals surface area contributed by atoms with Crippen LogP contribution in [0.25, 0.3) is 0 Å². The number of hydrogen-bond acceptors (Lipinski definition) is 1. The third-order valence-electron chi connectivity index (χ3n) is 1.45. The summed E-state index contributed by atoms with van der Waals surface area (Å²) in [6.45, 7) is 5.88. The topological polar surface area (TPSA) is 43.1 Å². The predicted molar refractivity (Wildman–Crippen MR) is 42.5 cm³/mol. The second-order valence-electron chi connectivity index (χ2n) is 2.42. The third-order valence-corrected chi connectivity index (χ3v) is 1.45. The van der Waals surface area contributed by atoms with Crippen molar-refractivity contribution in [1.82, 2.24) is 0 Å². The lowest BCUT2D eigenvalue weighted by Crippen LogP contribution is -2.09. The lowest BCUT2D eigenvalue weighted by atomic mass is 10.1. The molecule has 0 fully saturated rings. The highest BCUT2D eigenvalue weighted by Gasteiger charge is 1.94. The molecule has 0 unspecified atom stereocenters. The standard InChI is InChI=1S/C8H15NO/c1-3-7(2)5-4-6-8(9)10/h2-6H2,1H3,(H2,9,10). The normalized spacial score (nSPS) is 9.30. The predicted octanol–water partition coefficient (Wildman–Crippen LogP) is 1.61. The van der Waals surface area contributed by atoms with Crippen molar-refractivity contribution in [3.63, 3.8) is 0 Å². The van der Waals surface area contributed by atoms with Crippen LogP contribution in [0.15, 0.2) is 12.2 Å². The summed E-state index contributed by atoms with van der Waals surface area (Å²) in [5.41, 5.74) is 6.15. The van der Waals surface area contributed by atoms with Crippen LogP contribution in [0, 0.1) is 0 Å². The van der Waals surface area contributed by atoms with E-state index in [1.165, 1.54) is 5.57 Å². The summed E-state index contributed by atoms with van der Waals surface area (Å²) in [6, 6.07) is 0. The summed E-state index contributed by atoms with van der Waals surface area (Å²) >= 11 is 0. The van der Waals surface area contributed by atoms with Gasteiger partial charge in [-0.05, 0) is 19.3 Å². The van der Waals surface area contributed by atoms with Gasteiger partial charge in [0.15, 0.2) is 0 Å². The van der Waals surface area contributed by atoms with Crippen molar-refractivity contribution in [2.24, 2.45) is 5.73 Å². The number of hydrogen-bond donors (Lipinski definition) is 1. The first-order valence-electron chi connectivity index (χ1n) is 3.61. The molecule has 0 radical (unpaired) electrons. The van der Waals surface area contributed by atoms with Crippen molar-refractivity contribution in [2.45, 2.75) is 32.6 Å². The maximum Gasteiger partial charge on any atom is 0.217 e. The SMILES string of the molecule is C=C(CC)CCCC(N)=O. The van der Waals surface area contributed by atoms with Gasteiger partial charge < -0.3 is 5.73 Å². The molecule has 0 saturated carbocycles. The minimum Gasteiger partial charge on any atom is -0.370 e.